The van der Waals surface area contributed by atoms with Crippen molar-refractivity contribution < 1.29 is 28.9 Å². The van der Waals surface area contributed by atoms with Crippen molar-refractivity contribution in [3.05, 3.63) is 48.2 Å². The topological polar surface area (TPSA) is 98.5 Å². The molecule has 0 atom stereocenters. The molecule has 0 saturated carbocycles. The van der Waals surface area contributed by atoms with Gasteiger partial charge in [-0.05, 0) is 81.8 Å². The number of nitrogens with zero attached hydrogens (tertiary/aromatic N) is 5. The third-order valence-electron chi connectivity index (χ3n) is 8.16. The number of carbonyl (C=O) groups excluding carboxylic acids is 1. The van der Waals surface area contributed by atoms with Gasteiger partial charge < -0.3 is 25.0 Å². The van der Waals surface area contributed by atoms with Crippen molar-refractivity contribution in [1.29, 1.82) is 0 Å². The minimum absolute atomic E-state index is 0.00586. The van der Waals surface area contributed by atoms with Gasteiger partial charge in [-0.25, -0.2) is 9.97 Å². The van der Waals surface area contributed by atoms with E-state index in [1.165, 1.54) is 0 Å². The number of imidazole rings is 1. The van der Waals surface area contributed by atoms with Crippen molar-refractivity contribution in [2.45, 2.75) is 70.7 Å². The number of aryl methyl sites for hydroxylation is 1. The Morgan fingerprint density at radius 1 is 1.14 bits per heavy atom. The summed E-state index contributed by atoms with van der Waals surface area (Å²) in [6.07, 6.45) is -0.105. The highest BCUT2D eigenvalue weighted by Crippen LogP contribution is 2.27. The second-order valence-corrected chi connectivity index (χ2v) is 11.5. The summed E-state index contributed by atoms with van der Waals surface area (Å²) in [4.78, 5) is 26.6. The Morgan fingerprint density at radius 3 is 2.60 bits per heavy atom. The maximum Gasteiger partial charge on any atom is 0.408 e. The molecule has 0 radical (unpaired) electrons. The molecule has 1 aromatic carbocycles. The van der Waals surface area contributed by atoms with Crippen LogP contribution in [0.1, 0.15) is 50.0 Å². The van der Waals surface area contributed by atoms with E-state index in [9.17, 15) is 23.0 Å². The molecule has 0 unspecified atom stereocenters. The first kappa shape index (κ1) is 27.5. The molecule has 3 aromatic rings. The van der Waals surface area contributed by atoms with Crippen LogP contribution in [0.5, 0.6) is 0 Å². The van der Waals surface area contributed by atoms with Gasteiger partial charge in [-0.15, -0.1) is 0 Å². The minimum Gasteiger partial charge on any atom is -0.433 e. The van der Waals surface area contributed by atoms with Crippen molar-refractivity contribution in [3.63, 3.8) is 0 Å². The van der Waals surface area contributed by atoms with Gasteiger partial charge in [0, 0.05) is 56.7 Å². The molecule has 2 aliphatic rings. The number of fused-ring (bicyclic) bond motifs is 1. The van der Waals surface area contributed by atoms with Gasteiger partial charge in [0.15, 0.2) is 0 Å². The predicted molar refractivity (Wildman–Crippen MR) is 162 cm³/mol. The number of hydrogen-bond acceptors (Lipinski definition) is 7. The molecule has 2 aliphatic heterocycles. The van der Waals surface area contributed by atoms with Crippen LogP contribution in [0.2, 0.25) is 6.82 Å². The van der Waals surface area contributed by atoms with E-state index < -0.39 is 19.6 Å². The summed E-state index contributed by atoms with van der Waals surface area (Å²) in [6, 6.07) is 11.5. The molecule has 230 valence electrons. The largest absolute Gasteiger partial charge is 0.433 e. The lowest BCUT2D eigenvalue weighted by Crippen LogP contribution is -2.47. The molecule has 13 heteroatoms. The third-order valence-corrected chi connectivity index (χ3v) is 8.16. The smallest absolute Gasteiger partial charge is 0.408 e. The number of carbonyl (C=O) groups is 1. The monoisotopic (exact) mass is 593 g/mol. The predicted octanol–water partition coefficient (Wildman–Crippen LogP) is 5.10. The van der Waals surface area contributed by atoms with Crippen LogP contribution < -0.4 is 10.5 Å². The average Bonchev–Trinajstić information content (AvgIpc) is 3.39. The van der Waals surface area contributed by atoms with Gasteiger partial charge in [0.05, 0.1) is 11.0 Å². The van der Waals surface area contributed by atoms with E-state index in [2.05, 4.69) is 25.4 Å². The van der Waals surface area contributed by atoms with Gasteiger partial charge in [0.1, 0.15) is 5.82 Å². The Balaban J connectivity index is 0.00000139. The molecule has 0 bridgehead atoms. The third kappa shape index (κ3) is 7.94. The zero-order valence-electron chi connectivity index (χ0n) is 28.0. The Hall–Kier alpha value is -3.32. The Labute approximate surface area is 250 Å². The number of aromatic nitrogens is 3. The van der Waals surface area contributed by atoms with Crippen LogP contribution >= 0.6 is 0 Å². The molecule has 42 heavy (non-hydrogen) atoms. The number of likely N-dealkylation sites (tertiary alicyclic amines) is 2. The van der Waals surface area contributed by atoms with E-state index >= 15 is 0 Å². The number of hydrogen-bond donors (Lipinski definition) is 3. The van der Waals surface area contributed by atoms with Crippen LogP contribution in [0.25, 0.3) is 11.0 Å². The summed E-state index contributed by atoms with van der Waals surface area (Å²) >= 11 is 0. The molecule has 0 spiro atoms. The van der Waals surface area contributed by atoms with E-state index in [-0.39, 0.29) is 30.8 Å². The van der Waals surface area contributed by atoms with E-state index in [0.717, 1.165) is 61.9 Å². The molecule has 0 aliphatic carbocycles. The summed E-state index contributed by atoms with van der Waals surface area (Å²) in [5.41, 5.74) is 2.69. The van der Waals surface area contributed by atoms with Crippen molar-refractivity contribution >= 4 is 35.8 Å². The number of halogens is 3. The molecule has 2 aromatic heterocycles. The number of nitrogens with one attached hydrogen (secondary N) is 2. The summed E-state index contributed by atoms with van der Waals surface area (Å²) in [7, 11) is -0.671. The lowest BCUT2D eigenvalue weighted by molar-refractivity contribution is -0.138. The fourth-order valence-corrected chi connectivity index (χ4v) is 6.00. The van der Waals surface area contributed by atoms with E-state index in [0.29, 0.717) is 24.9 Å². The lowest BCUT2D eigenvalue weighted by Gasteiger charge is -2.37. The van der Waals surface area contributed by atoms with Crippen molar-refractivity contribution in [2.75, 3.05) is 36.7 Å². The standard InChI is InChI=1S/C29H39BF3N7O2.2H2/c1-30(42)37-26-19-21(7-13-34-26)20-38-15-8-22(9-16-38)27(41)39-17-10-23(11-18-39)35-28-36-24-5-2-3-6-25(24)40(28)14-4-12-29(31,32)33;;/h2-3,5-7,13,19,22-23,42H,4,8-12,14-18,20H2,1H3,(H,34,37)(H,35,36);2*1H/i;2*1+1D. The SMILES string of the molecule is CB(O)Nc1cc(CN2CCC(C(=O)N3CCC(Nc4nc5ccccc5n4CCCC(F)(F)F)CC3)CC2)ccn1.[2H][2H].[2H][2H]. The number of anilines is 2. The van der Waals surface area contributed by atoms with Gasteiger partial charge >= 0.3 is 13.2 Å². The van der Waals surface area contributed by atoms with Crippen LogP contribution in [-0.2, 0) is 17.9 Å². The lowest BCUT2D eigenvalue weighted by atomic mass is 9.89. The number of piperidine rings is 2. The Morgan fingerprint density at radius 2 is 1.88 bits per heavy atom. The van der Waals surface area contributed by atoms with Crippen molar-refractivity contribution in [3.8, 4) is 0 Å². The highest BCUT2D eigenvalue weighted by molar-refractivity contribution is 6.52. The molecule has 3 N–H and O–H groups in total. The first-order valence-electron chi connectivity index (χ1n) is 16.8. The van der Waals surface area contributed by atoms with E-state index in [4.69, 9.17) is 5.94 Å². The number of alkyl halides is 3. The van der Waals surface area contributed by atoms with Gasteiger partial charge in [-0.1, -0.05) is 12.1 Å². The number of amides is 1. The number of benzene rings is 1. The van der Waals surface area contributed by atoms with Crippen LogP contribution in [-0.4, -0.2) is 80.7 Å². The van der Waals surface area contributed by atoms with Gasteiger partial charge in [-0.2, -0.15) is 13.2 Å². The Kier molecular flexibility index (Phi) is 8.73. The number of rotatable bonds is 10. The van der Waals surface area contributed by atoms with E-state index in [1.54, 1.807) is 13.0 Å². The summed E-state index contributed by atoms with van der Waals surface area (Å²) < 4.78 is 60.2. The van der Waals surface area contributed by atoms with Gasteiger partial charge in [0.25, 0.3) is 0 Å². The van der Waals surface area contributed by atoms with Crippen LogP contribution in [0.15, 0.2) is 42.6 Å². The van der Waals surface area contributed by atoms with E-state index in [1.807, 2.05) is 45.9 Å². The molecular formula is C29H43BF3N7O2. The van der Waals surface area contributed by atoms with Gasteiger partial charge in [0.2, 0.25) is 11.9 Å². The first-order chi connectivity index (χ1) is 22.1. The second-order valence-electron chi connectivity index (χ2n) is 11.5. The molecule has 2 fully saturated rings. The normalized spacial score (nSPS) is 17.9. The van der Waals surface area contributed by atoms with Gasteiger partial charge in [-0.3, -0.25) is 9.69 Å². The highest BCUT2D eigenvalue weighted by atomic mass is 19.4. The fraction of sp³-hybridized carbons (Fsp3) is 0.552. The molecule has 9 nitrogen and oxygen atoms in total. The van der Waals surface area contributed by atoms with Crippen LogP contribution in [0, 0.1) is 5.92 Å². The fourth-order valence-electron chi connectivity index (χ4n) is 6.00. The first-order valence-corrected chi connectivity index (χ1v) is 14.8. The quantitative estimate of drug-likeness (QED) is 0.282. The second kappa shape index (κ2) is 13.3. The number of para-hydroxylation sites is 2. The van der Waals surface area contributed by atoms with Crippen molar-refractivity contribution in [2.24, 2.45) is 5.92 Å². The molecular weight excluding hydrogens is 546 g/mol. The minimum atomic E-state index is -4.18. The molecule has 1 amide bonds. The summed E-state index contributed by atoms with van der Waals surface area (Å²) in [5.74, 6) is 1.48. The highest BCUT2D eigenvalue weighted by Gasteiger charge is 2.32. The van der Waals surface area contributed by atoms with Crippen LogP contribution in [0.3, 0.4) is 0 Å². The summed E-state index contributed by atoms with van der Waals surface area (Å²) in [6.45, 7) is 5.66. The van der Waals surface area contributed by atoms with Crippen molar-refractivity contribution in [1.82, 2.24) is 24.3 Å². The molecule has 4 heterocycles. The number of pyridine rings is 1. The maximum absolute atomic E-state index is 13.3. The zero-order valence-corrected chi connectivity index (χ0v) is 24.0. The molecule has 5 rings (SSSR count). The maximum atomic E-state index is 13.3. The Bertz CT molecular complexity index is 1360. The molecule has 2 saturated heterocycles. The van der Waals surface area contributed by atoms with Crippen LogP contribution in [0.4, 0.5) is 24.9 Å². The summed E-state index contributed by atoms with van der Waals surface area (Å²) in [5, 5.41) is 15.9. The average molecular weight is 594 g/mol. The zero-order chi connectivity index (χ0) is 33.7.